The molecule has 0 saturated carbocycles. The minimum atomic E-state index is -0.985. The van der Waals surface area contributed by atoms with E-state index in [1.165, 1.54) is 13.8 Å². The highest BCUT2D eigenvalue weighted by Crippen LogP contribution is 2.14. The highest BCUT2D eigenvalue weighted by Gasteiger charge is 2.28. The largest absolute Gasteiger partial charge is 0.395 e. The Bertz CT molecular complexity index is 139. The highest BCUT2D eigenvalue weighted by molar-refractivity contribution is 5.81. The second kappa shape index (κ2) is 3.31. The van der Waals surface area contributed by atoms with Crippen LogP contribution in [0, 0.1) is 5.41 Å². The summed E-state index contributed by atoms with van der Waals surface area (Å²) in [4.78, 5) is 20.3. The van der Waals surface area contributed by atoms with Crippen LogP contribution in [0.1, 0.15) is 13.8 Å². The van der Waals surface area contributed by atoms with Gasteiger partial charge >= 0.3 is 12.4 Å². The van der Waals surface area contributed by atoms with Gasteiger partial charge in [0.15, 0.2) is 0 Å². The minimum Gasteiger partial charge on any atom is -0.395 e. The number of carbonyl (C=O) groups excluding carboxylic acids is 2. The molecule has 0 fully saturated rings. The number of hydrogen-bond donors (Lipinski definition) is 1. The number of hydrogen-bond acceptors (Lipinski definition) is 4. The standard InChI is InChI=1S/C6H10O4/c1-6(2,3-7)5(9)10-4-8/h4,7H,3H2,1-2H3. The van der Waals surface area contributed by atoms with Gasteiger partial charge in [-0.05, 0) is 13.8 Å². The maximum absolute atomic E-state index is 10.7. The van der Waals surface area contributed by atoms with E-state index >= 15 is 0 Å². The fourth-order valence-electron chi connectivity index (χ4n) is 0.268. The number of ether oxygens (including phenoxy) is 1. The van der Waals surface area contributed by atoms with Gasteiger partial charge in [-0.3, -0.25) is 9.59 Å². The zero-order chi connectivity index (χ0) is 8.20. The molecule has 58 valence electrons. The predicted molar refractivity (Wildman–Crippen MR) is 33.0 cm³/mol. The molecule has 4 nitrogen and oxygen atoms in total. The van der Waals surface area contributed by atoms with E-state index in [4.69, 9.17) is 5.11 Å². The van der Waals surface area contributed by atoms with Crippen LogP contribution in [0.25, 0.3) is 0 Å². The van der Waals surface area contributed by atoms with Gasteiger partial charge < -0.3 is 9.84 Å². The lowest BCUT2D eigenvalue weighted by Crippen LogP contribution is -2.29. The fourth-order valence-corrected chi connectivity index (χ4v) is 0.268. The van der Waals surface area contributed by atoms with E-state index < -0.39 is 11.4 Å². The third-order valence-corrected chi connectivity index (χ3v) is 1.10. The van der Waals surface area contributed by atoms with E-state index in [0.717, 1.165) is 0 Å². The number of carbonyl (C=O) groups is 2. The number of aliphatic hydroxyl groups is 1. The number of esters is 1. The Hall–Kier alpha value is -0.900. The summed E-state index contributed by atoms with van der Waals surface area (Å²) in [6.45, 7) is 2.69. The molecule has 0 spiro atoms. The second-order valence-corrected chi connectivity index (χ2v) is 2.54. The maximum Gasteiger partial charge on any atom is 0.321 e. The summed E-state index contributed by atoms with van der Waals surface area (Å²) in [5, 5.41) is 8.57. The lowest BCUT2D eigenvalue weighted by molar-refractivity contribution is -0.160. The van der Waals surface area contributed by atoms with Crippen LogP contribution in [-0.4, -0.2) is 24.2 Å². The Morgan fingerprint density at radius 3 is 2.50 bits per heavy atom. The van der Waals surface area contributed by atoms with Crippen LogP contribution in [-0.2, 0) is 14.3 Å². The summed E-state index contributed by atoms with van der Waals surface area (Å²) < 4.78 is 4.02. The molecule has 0 heterocycles. The average molecular weight is 146 g/mol. The first-order valence-electron chi connectivity index (χ1n) is 2.80. The van der Waals surface area contributed by atoms with Gasteiger partial charge in [0, 0.05) is 0 Å². The fraction of sp³-hybridized carbons (Fsp3) is 0.667. The Balaban J connectivity index is 4.03. The van der Waals surface area contributed by atoms with Crippen molar-refractivity contribution < 1.29 is 19.4 Å². The van der Waals surface area contributed by atoms with Gasteiger partial charge in [0.05, 0.1) is 12.0 Å². The molecule has 0 amide bonds. The summed E-state index contributed by atoms with van der Waals surface area (Å²) in [5.74, 6) is -0.718. The number of rotatable bonds is 3. The van der Waals surface area contributed by atoms with Crippen LogP contribution in [0.4, 0.5) is 0 Å². The van der Waals surface area contributed by atoms with Crippen LogP contribution < -0.4 is 0 Å². The lowest BCUT2D eigenvalue weighted by atomic mass is 9.95. The molecule has 0 saturated heterocycles. The smallest absolute Gasteiger partial charge is 0.321 e. The summed E-state index contributed by atoms with van der Waals surface area (Å²) >= 11 is 0. The lowest BCUT2D eigenvalue weighted by Gasteiger charge is -2.16. The zero-order valence-corrected chi connectivity index (χ0v) is 5.96. The zero-order valence-electron chi connectivity index (χ0n) is 5.96. The van der Waals surface area contributed by atoms with Crippen molar-refractivity contribution in [2.24, 2.45) is 5.41 Å². The minimum absolute atomic E-state index is 0.0553. The van der Waals surface area contributed by atoms with Gasteiger partial charge in [-0.2, -0.15) is 0 Å². The van der Waals surface area contributed by atoms with Gasteiger partial charge in [0.2, 0.25) is 0 Å². The van der Waals surface area contributed by atoms with E-state index in [1.807, 2.05) is 0 Å². The van der Waals surface area contributed by atoms with Crippen molar-refractivity contribution in [1.29, 1.82) is 0 Å². The summed E-state index contributed by atoms with van der Waals surface area (Å²) in [7, 11) is 0. The molecule has 0 aromatic carbocycles. The first-order valence-corrected chi connectivity index (χ1v) is 2.80. The Morgan fingerprint density at radius 1 is 1.70 bits per heavy atom. The highest BCUT2D eigenvalue weighted by atomic mass is 16.6. The predicted octanol–water partition coefficient (Wildman–Crippen LogP) is -0.296. The van der Waals surface area contributed by atoms with E-state index in [9.17, 15) is 9.59 Å². The van der Waals surface area contributed by atoms with Crippen LogP contribution in [0.5, 0.6) is 0 Å². The molecule has 1 N–H and O–H groups in total. The van der Waals surface area contributed by atoms with Crippen LogP contribution >= 0.6 is 0 Å². The van der Waals surface area contributed by atoms with Gasteiger partial charge in [0.1, 0.15) is 0 Å². The first kappa shape index (κ1) is 9.10. The van der Waals surface area contributed by atoms with Crippen LogP contribution in [0.3, 0.4) is 0 Å². The molecule has 0 radical (unpaired) electrons. The molecule has 0 aliphatic heterocycles. The van der Waals surface area contributed by atoms with Crippen molar-refractivity contribution >= 4 is 12.4 Å². The van der Waals surface area contributed by atoms with Crippen molar-refractivity contribution in [3.63, 3.8) is 0 Å². The molecule has 0 unspecified atom stereocenters. The summed E-state index contributed by atoms with van der Waals surface area (Å²) in [5.41, 5.74) is -0.985. The van der Waals surface area contributed by atoms with Gasteiger partial charge in [-0.15, -0.1) is 0 Å². The van der Waals surface area contributed by atoms with Crippen molar-refractivity contribution in [2.75, 3.05) is 6.61 Å². The maximum atomic E-state index is 10.7. The quantitative estimate of drug-likeness (QED) is 0.337. The molecule has 10 heavy (non-hydrogen) atoms. The average Bonchev–Trinajstić information content (AvgIpc) is 1.89. The van der Waals surface area contributed by atoms with E-state index in [-0.39, 0.29) is 13.1 Å². The summed E-state index contributed by atoms with van der Waals surface area (Å²) in [6, 6.07) is 0. The van der Waals surface area contributed by atoms with E-state index in [1.54, 1.807) is 0 Å². The monoisotopic (exact) mass is 146 g/mol. The van der Waals surface area contributed by atoms with Crippen LogP contribution in [0.15, 0.2) is 0 Å². The normalized spacial score (nSPS) is 10.7. The third kappa shape index (κ3) is 2.14. The van der Waals surface area contributed by atoms with Crippen molar-refractivity contribution in [3.8, 4) is 0 Å². The number of aliphatic hydroxyl groups excluding tert-OH is 1. The molecular formula is C6H10O4. The van der Waals surface area contributed by atoms with Crippen LogP contribution in [0.2, 0.25) is 0 Å². The van der Waals surface area contributed by atoms with Crippen molar-refractivity contribution in [3.05, 3.63) is 0 Å². The Morgan fingerprint density at radius 2 is 2.20 bits per heavy atom. The Kier molecular flexibility index (Phi) is 3.02. The molecule has 4 heteroatoms. The molecule has 0 rings (SSSR count). The van der Waals surface area contributed by atoms with Crippen molar-refractivity contribution in [1.82, 2.24) is 0 Å². The third-order valence-electron chi connectivity index (χ3n) is 1.10. The molecule has 0 aromatic rings. The van der Waals surface area contributed by atoms with Gasteiger partial charge in [-0.25, -0.2) is 0 Å². The topological polar surface area (TPSA) is 63.6 Å². The van der Waals surface area contributed by atoms with E-state index in [2.05, 4.69) is 4.74 Å². The van der Waals surface area contributed by atoms with Gasteiger partial charge in [-0.1, -0.05) is 0 Å². The molecule has 0 bridgehead atoms. The van der Waals surface area contributed by atoms with E-state index in [0.29, 0.717) is 0 Å². The van der Waals surface area contributed by atoms with Crippen molar-refractivity contribution in [2.45, 2.75) is 13.8 Å². The molecule has 0 aliphatic carbocycles. The summed E-state index contributed by atoms with van der Waals surface area (Å²) in [6.07, 6.45) is 0. The molecule has 0 atom stereocenters. The van der Waals surface area contributed by atoms with Gasteiger partial charge in [0.25, 0.3) is 0 Å². The SMILES string of the molecule is CC(C)(CO)C(=O)OC=O. The molecule has 0 aliphatic rings. The molecular weight excluding hydrogens is 136 g/mol. The Labute approximate surface area is 58.8 Å². The molecule has 0 aromatic heterocycles. The second-order valence-electron chi connectivity index (χ2n) is 2.54. The first-order chi connectivity index (χ1) is 4.54.